The molecule has 0 aliphatic heterocycles. The SMILES string of the molecule is [NH]S(=O)(=O)c1ccc(-c2ccccc2)cc1. The molecule has 0 spiro atoms. The Morgan fingerprint density at radius 3 is 1.75 bits per heavy atom. The molecule has 0 fully saturated rings. The van der Waals surface area contributed by atoms with Crippen molar-refractivity contribution >= 4 is 10.0 Å². The van der Waals surface area contributed by atoms with Crippen LogP contribution in [0, 0.1) is 0 Å². The van der Waals surface area contributed by atoms with Crippen LogP contribution in [0.2, 0.25) is 0 Å². The van der Waals surface area contributed by atoms with Gasteiger partial charge in [-0.1, -0.05) is 42.5 Å². The van der Waals surface area contributed by atoms with E-state index in [1.807, 2.05) is 30.3 Å². The van der Waals surface area contributed by atoms with Gasteiger partial charge in [0.2, 0.25) is 0 Å². The Hall–Kier alpha value is -1.65. The number of rotatable bonds is 2. The summed E-state index contributed by atoms with van der Waals surface area (Å²) in [6, 6.07) is 16.0. The summed E-state index contributed by atoms with van der Waals surface area (Å²) in [5.41, 5.74) is 1.96. The summed E-state index contributed by atoms with van der Waals surface area (Å²) < 4.78 is 21.9. The van der Waals surface area contributed by atoms with Crippen molar-refractivity contribution < 1.29 is 8.42 Å². The van der Waals surface area contributed by atoms with Gasteiger partial charge in [-0.3, -0.25) is 0 Å². The van der Waals surface area contributed by atoms with E-state index in [2.05, 4.69) is 0 Å². The molecule has 2 aromatic rings. The van der Waals surface area contributed by atoms with Crippen LogP contribution in [0.25, 0.3) is 11.1 Å². The van der Waals surface area contributed by atoms with Gasteiger partial charge in [-0.15, -0.1) is 5.14 Å². The Balaban J connectivity index is 2.41. The summed E-state index contributed by atoms with van der Waals surface area (Å²) in [5.74, 6) is 0. The molecular weight excluding hydrogens is 222 g/mol. The molecule has 81 valence electrons. The predicted octanol–water partition coefficient (Wildman–Crippen LogP) is 2.33. The third-order valence-corrected chi connectivity index (χ3v) is 3.16. The smallest absolute Gasteiger partial charge is 0.206 e. The zero-order valence-electron chi connectivity index (χ0n) is 8.42. The Labute approximate surface area is 94.6 Å². The average molecular weight is 232 g/mol. The number of hydrogen-bond acceptors (Lipinski definition) is 2. The minimum Gasteiger partial charge on any atom is -0.206 e. The van der Waals surface area contributed by atoms with E-state index in [4.69, 9.17) is 5.14 Å². The maximum atomic E-state index is 10.9. The van der Waals surface area contributed by atoms with E-state index in [0.717, 1.165) is 11.1 Å². The van der Waals surface area contributed by atoms with E-state index in [1.165, 1.54) is 12.1 Å². The van der Waals surface area contributed by atoms with Crippen molar-refractivity contribution in [2.75, 3.05) is 0 Å². The van der Waals surface area contributed by atoms with Crippen LogP contribution in [0.4, 0.5) is 0 Å². The molecule has 0 bridgehead atoms. The molecule has 0 atom stereocenters. The van der Waals surface area contributed by atoms with Crippen molar-refractivity contribution in [3.63, 3.8) is 0 Å². The van der Waals surface area contributed by atoms with Gasteiger partial charge in [0.25, 0.3) is 10.0 Å². The fourth-order valence-electron chi connectivity index (χ4n) is 1.46. The summed E-state index contributed by atoms with van der Waals surface area (Å²) in [4.78, 5) is 0.0205. The minimum absolute atomic E-state index is 0.0205. The summed E-state index contributed by atoms with van der Waals surface area (Å²) in [6.45, 7) is 0. The van der Waals surface area contributed by atoms with Gasteiger partial charge in [-0.05, 0) is 23.3 Å². The highest BCUT2D eigenvalue weighted by Crippen LogP contribution is 2.20. The maximum Gasteiger partial charge on any atom is 0.254 e. The van der Waals surface area contributed by atoms with Crippen molar-refractivity contribution in [3.05, 3.63) is 54.6 Å². The monoisotopic (exact) mass is 232 g/mol. The first-order valence-electron chi connectivity index (χ1n) is 4.72. The van der Waals surface area contributed by atoms with Gasteiger partial charge in [-0.2, -0.15) is 0 Å². The molecule has 3 nitrogen and oxygen atoms in total. The highest BCUT2D eigenvalue weighted by Gasteiger charge is 2.07. The van der Waals surface area contributed by atoms with E-state index < -0.39 is 10.0 Å². The molecule has 2 rings (SSSR count). The molecule has 0 heterocycles. The topological polar surface area (TPSA) is 57.9 Å². The van der Waals surface area contributed by atoms with Crippen LogP contribution in [0.3, 0.4) is 0 Å². The van der Waals surface area contributed by atoms with Crippen LogP contribution in [-0.2, 0) is 10.0 Å². The lowest BCUT2D eigenvalue weighted by atomic mass is 10.1. The Bertz CT molecular complexity index is 574. The molecule has 0 saturated heterocycles. The Morgan fingerprint density at radius 1 is 0.750 bits per heavy atom. The predicted molar refractivity (Wildman–Crippen MR) is 62.2 cm³/mol. The van der Waals surface area contributed by atoms with E-state index in [0.29, 0.717) is 0 Å². The second-order valence-electron chi connectivity index (χ2n) is 3.39. The number of nitrogens with one attached hydrogen (secondary N) is 1. The lowest BCUT2D eigenvalue weighted by Crippen LogP contribution is -1.99. The third-order valence-electron chi connectivity index (χ3n) is 2.27. The van der Waals surface area contributed by atoms with E-state index in [9.17, 15) is 8.42 Å². The zero-order chi connectivity index (χ0) is 11.6. The number of sulfonamides is 1. The van der Waals surface area contributed by atoms with Crippen LogP contribution in [0.15, 0.2) is 59.5 Å². The Kier molecular flexibility index (Phi) is 2.77. The molecular formula is C12H10NO2S. The Morgan fingerprint density at radius 2 is 1.25 bits per heavy atom. The number of hydrogen-bond donors (Lipinski definition) is 0. The first kappa shape index (κ1) is 10.9. The molecule has 16 heavy (non-hydrogen) atoms. The van der Waals surface area contributed by atoms with Gasteiger partial charge in [0.15, 0.2) is 0 Å². The lowest BCUT2D eigenvalue weighted by Gasteiger charge is -2.02. The molecule has 1 radical (unpaired) electrons. The van der Waals surface area contributed by atoms with Crippen molar-refractivity contribution in [3.8, 4) is 11.1 Å². The molecule has 0 aliphatic carbocycles. The van der Waals surface area contributed by atoms with Crippen LogP contribution in [-0.4, -0.2) is 8.42 Å². The number of benzene rings is 2. The molecule has 1 N–H and O–H groups in total. The second-order valence-corrected chi connectivity index (χ2v) is 4.87. The van der Waals surface area contributed by atoms with Gasteiger partial charge < -0.3 is 0 Å². The van der Waals surface area contributed by atoms with Gasteiger partial charge in [0.05, 0.1) is 4.90 Å². The molecule has 0 unspecified atom stereocenters. The molecule has 0 aliphatic rings. The fraction of sp³-hybridized carbons (Fsp3) is 0. The molecule has 2 aromatic carbocycles. The highest BCUT2D eigenvalue weighted by atomic mass is 32.2. The maximum absolute atomic E-state index is 10.9. The van der Waals surface area contributed by atoms with E-state index in [1.54, 1.807) is 12.1 Å². The largest absolute Gasteiger partial charge is 0.254 e. The van der Waals surface area contributed by atoms with Gasteiger partial charge in [0, 0.05) is 0 Å². The van der Waals surface area contributed by atoms with Crippen LogP contribution in [0.1, 0.15) is 0 Å². The minimum atomic E-state index is -3.85. The van der Waals surface area contributed by atoms with E-state index in [-0.39, 0.29) is 4.90 Å². The summed E-state index contributed by atoms with van der Waals surface area (Å²) in [5, 5.41) is 6.92. The van der Waals surface area contributed by atoms with Crippen molar-refractivity contribution in [2.45, 2.75) is 4.90 Å². The lowest BCUT2D eigenvalue weighted by molar-refractivity contribution is 0.596. The molecule has 0 amide bonds. The van der Waals surface area contributed by atoms with Gasteiger partial charge in [-0.25, -0.2) is 8.42 Å². The van der Waals surface area contributed by atoms with Crippen molar-refractivity contribution in [2.24, 2.45) is 0 Å². The first-order valence-corrected chi connectivity index (χ1v) is 6.21. The zero-order valence-corrected chi connectivity index (χ0v) is 9.24. The van der Waals surface area contributed by atoms with E-state index >= 15 is 0 Å². The standard InChI is InChI=1S/C12H10NO2S/c13-16(14,15)12-8-6-11(7-9-12)10-4-2-1-3-5-10/h1-9,13H. The van der Waals surface area contributed by atoms with Gasteiger partial charge in [0.1, 0.15) is 0 Å². The first-order chi connectivity index (χ1) is 7.57. The average Bonchev–Trinajstić information content (AvgIpc) is 2.29. The summed E-state index contributed by atoms with van der Waals surface area (Å²) >= 11 is 0. The molecule has 4 heteroatoms. The normalized spacial score (nSPS) is 11.3. The van der Waals surface area contributed by atoms with Crippen molar-refractivity contribution in [1.82, 2.24) is 5.14 Å². The quantitative estimate of drug-likeness (QED) is 0.797. The molecule has 0 saturated carbocycles. The second kappa shape index (κ2) is 4.08. The van der Waals surface area contributed by atoms with Gasteiger partial charge >= 0.3 is 0 Å². The highest BCUT2D eigenvalue weighted by molar-refractivity contribution is 7.88. The molecule has 0 aromatic heterocycles. The summed E-state index contributed by atoms with van der Waals surface area (Å²) in [6.07, 6.45) is 0. The van der Waals surface area contributed by atoms with Crippen molar-refractivity contribution in [1.29, 1.82) is 0 Å². The van der Waals surface area contributed by atoms with Crippen LogP contribution < -0.4 is 5.14 Å². The fourth-order valence-corrected chi connectivity index (χ4v) is 1.95. The summed E-state index contributed by atoms with van der Waals surface area (Å²) in [7, 11) is -3.85. The van der Waals surface area contributed by atoms with Crippen LogP contribution >= 0.6 is 0 Å². The van der Waals surface area contributed by atoms with Crippen LogP contribution in [0.5, 0.6) is 0 Å². The third kappa shape index (κ3) is 2.29.